The fourth-order valence-corrected chi connectivity index (χ4v) is 2.59. The summed E-state index contributed by atoms with van der Waals surface area (Å²) in [6.07, 6.45) is 5.78. The van der Waals surface area contributed by atoms with Gasteiger partial charge in [-0.3, -0.25) is 4.21 Å². The van der Waals surface area contributed by atoms with E-state index in [1.54, 1.807) is 6.07 Å². The van der Waals surface area contributed by atoms with Crippen molar-refractivity contribution in [3.63, 3.8) is 0 Å². The number of rotatable bonds is 4. The van der Waals surface area contributed by atoms with E-state index in [9.17, 15) is 8.76 Å². The fraction of sp³-hybridized carbons (Fsp3) is 0.357. The molecule has 0 aliphatic heterocycles. The summed E-state index contributed by atoms with van der Waals surface area (Å²) >= 11 is -2.20. The highest BCUT2D eigenvalue weighted by atomic mass is 32.2. The quantitative estimate of drug-likeness (QED) is 0.631. The lowest BCUT2D eigenvalue weighted by Crippen LogP contribution is -2.23. The number of hydrogen-bond donors (Lipinski definition) is 0. The maximum atomic E-state index is 11.4. The summed E-state index contributed by atoms with van der Waals surface area (Å²) in [5, 5.41) is 0. The average Bonchev–Trinajstić information content (AvgIpc) is 2.74. The molecule has 1 aromatic carbocycles. The van der Waals surface area contributed by atoms with Gasteiger partial charge in [0.05, 0.1) is 7.05 Å². The van der Waals surface area contributed by atoms with Crippen LogP contribution >= 0.6 is 0 Å². The van der Waals surface area contributed by atoms with Crippen LogP contribution in [0.3, 0.4) is 0 Å². The molecule has 0 aliphatic rings. The van der Waals surface area contributed by atoms with Gasteiger partial charge in [0.2, 0.25) is 6.33 Å². The maximum absolute atomic E-state index is 11.4. The van der Waals surface area contributed by atoms with Gasteiger partial charge in [0, 0.05) is 10.5 Å². The first-order chi connectivity index (χ1) is 8.97. The molecule has 19 heavy (non-hydrogen) atoms. The summed E-state index contributed by atoms with van der Waals surface area (Å²) in [5.74, 6) is 0.320. The van der Waals surface area contributed by atoms with Crippen molar-refractivity contribution < 1.29 is 13.3 Å². The molecular weight excluding hydrogens is 260 g/mol. The van der Waals surface area contributed by atoms with Gasteiger partial charge in [0.25, 0.3) is 0 Å². The van der Waals surface area contributed by atoms with E-state index < -0.39 is 11.1 Å². The Morgan fingerprint density at radius 2 is 2.16 bits per heavy atom. The second-order valence-electron chi connectivity index (χ2n) is 5.01. The van der Waals surface area contributed by atoms with Crippen LogP contribution in [0, 0.1) is 0 Å². The molecule has 2 aromatic rings. The van der Waals surface area contributed by atoms with E-state index in [0.29, 0.717) is 17.4 Å². The molecule has 0 radical (unpaired) electrons. The zero-order valence-electron chi connectivity index (χ0n) is 11.4. The summed E-state index contributed by atoms with van der Waals surface area (Å²) in [4.78, 5) is 0.391. The third kappa shape index (κ3) is 3.30. The first-order valence-corrected chi connectivity index (χ1v) is 7.28. The molecule has 0 spiro atoms. The Bertz CT molecular complexity index is 605. The summed E-state index contributed by atoms with van der Waals surface area (Å²) in [6, 6.07) is 5.67. The van der Waals surface area contributed by atoms with Gasteiger partial charge in [0.1, 0.15) is 18.9 Å². The molecule has 1 atom stereocenters. The minimum atomic E-state index is -2.20. The fourth-order valence-electron chi connectivity index (χ4n) is 2.01. The van der Waals surface area contributed by atoms with Crippen molar-refractivity contribution in [1.29, 1.82) is 0 Å². The van der Waals surface area contributed by atoms with E-state index >= 15 is 0 Å². The molecule has 5 heteroatoms. The Hall–Kier alpha value is -1.46. The van der Waals surface area contributed by atoms with Gasteiger partial charge < -0.3 is 4.55 Å². The molecule has 0 saturated carbocycles. The summed E-state index contributed by atoms with van der Waals surface area (Å²) in [7, 11) is 1.94. The van der Waals surface area contributed by atoms with Crippen LogP contribution in [0.1, 0.15) is 30.9 Å². The van der Waals surface area contributed by atoms with E-state index in [-0.39, 0.29) is 0 Å². The van der Waals surface area contributed by atoms with Crippen molar-refractivity contribution in [3.05, 3.63) is 48.0 Å². The summed E-state index contributed by atoms with van der Waals surface area (Å²) in [6.45, 7) is 4.67. The van der Waals surface area contributed by atoms with Crippen LogP contribution in [-0.2, 0) is 24.7 Å². The van der Waals surface area contributed by atoms with E-state index in [1.165, 1.54) is 0 Å². The Morgan fingerprint density at radius 1 is 1.42 bits per heavy atom. The minimum absolute atomic E-state index is 0.320. The zero-order chi connectivity index (χ0) is 14.0. The summed E-state index contributed by atoms with van der Waals surface area (Å²) < 4.78 is 26.6. The lowest BCUT2D eigenvalue weighted by Gasteiger charge is -2.14. The molecule has 1 aromatic heterocycles. The molecule has 1 unspecified atom stereocenters. The third-order valence-corrected chi connectivity index (χ3v) is 3.85. The molecule has 0 saturated heterocycles. The number of aromatic nitrogens is 2. The topological polar surface area (TPSA) is 48.9 Å². The van der Waals surface area contributed by atoms with Gasteiger partial charge in [-0.25, -0.2) is 9.13 Å². The van der Waals surface area contributed by atoms with Gasteiger partial charge in [0.15, 0.2) is 0 Å². The highest BCUT2D eigenvalue weighted by molar-refractivity contribution is 7.79. The first-order valence-electron chi connectivity index (χ1n) is 6.20. The maximum Gasteiger partial charge on any atom is 0.243 e. The van der Waals surface area contributed by atoms with Crippen LogP contribution in [-0.4, -0.2) is 13.3 Å². The Kier molecular flexibility index (Phi) is 4.17. The van der Waals surface area contributed by atoms with Crippen LogP contribution in [0.25, 0.3) is 0 Å². The molecule has 0 aliphatic carbocycles. The van der Waals surface area contributed by atoms with E-state index in [2.05, 4.69) is 13.8 Å². The van der Waals surface area contributed by atoms with Crippen LogP contribution in [0.15, 0.2) is 41.8 Å². The van der Waals surface area contributed by atoms with Gasteiger partial charge in [-0.2, -0.15) is 0 Å². The number of hydrogen-bond acceptors (Lipinski definition) is 2. The van der Waals surface area contributed by atoms with Crippen LogP contribution < -0.4 is 4.57 Å². The molecular formula is C14H18N2O2S. The Labute approximate surface area is 116 Å². The van der Waals surface area contributed by atoms with Crippen LogP contribution in [0.5, 0.6) is 0 Å². The van der Waals surface area contributed by atoms with Crippen molar-refractivity contribution in [2.24, 2.45) is 7.05 Å². The van der Waals surface area contributed by atoms with Crippen molar-refractivity contribution in [2.45, 2.75) is 31.2 Å². The molecule has 102 valence electrons. The largest absolute Gasteiger partial charge is 0.768 e. The molecule has 1 heterocycles. The van der Waals surface area contributed by atoms with E-state index in [1.807, 2.05) is 47.0 Å². The standard InChI is InChI=1S/C14H18N2O2S/c1-11(2)12-4-5-13(14(8-12)19(17)18)9-16-7-6-15(3)10-16/h4-8,10-11H,9H2,1-3H3. The number of aryl methyl sites for hydroxylation is 1. The SMILES string of the molecule is CC(C)c1ccc(Cn2cc[n+](C)c2)c(S(=O)[O-])c1. The second kappa shape index (κ2) is 5.67. The van der Waals surface area contributed by atoms with Crippen molar-refractivity contribution in [2.75, 3.05) is 0 Å². The van der Waals surface area contributed by atoms with Gasteiger partial charge in [-0.1, -0.05) is 26.0 Å². The predicted molar refractivity (Wildman–Crippen MR) is 72.4 cm³/mol. The molecule has 0 fully saturated rings. The van der Waals surface area contributed by atoms with Crippen molar-refractivity contribution in [1.82, 2.24) is 4.57 Å². The van der Waals surface area contributed by atoms with Gasteiger partial charge in [-0.05, 0) is 28.6 Å². The van der Waals surface area contributed by atoms with Crippen LogP contribution in [0.2, 0.25) is 0 Å². The molecule has 0 N–H and O–H groups in total. The lowest BCUT2D eigenvalue weighted by molar-refractivity contribution is -0.671. The second-order valence-corrected chi connectivity index (χ2v) is 5.92. The highest BCUT2D eigenvalue weighted by Gasteiger charge is 2.10. The van der Waals surface area contributed by atoms with Crippen LogP contribution in [0.4, 0.5) is 0 Å². The van der Waals surface area contributed by atoms with E-state index in [0.717, 1.165) is 11.1 Å². The molecule has 0 bridgehead atoms. The number of benzene rings is 1. The highest BCUT2D eigenvalue weighted by Crippen LogP contribution is 2.21. The number of imidazole rings is 1. The minimum Gasteiger partial charge on any atom is -0.768 e. The van der Waals surface area contributed by atoms with E-state index in [4.69, 9.17) is 0 Å². The Morgan fingerprint density at radius 3 is 2.68 bits per heavy atom. The van der Waals surface area contributed by atoms with Gasteiger partial charge in [-0.15, -0.1) is 0 Å². The molecule has 4 nitrogen and oxygen atoms in total. The molecule has 0 amide bonds. The normalized spacial score (nSPS) is 12.9. The lowest BCUT2D eigenvalue weighted by atomic mass is 10.0. The summed E-state index contributed by atoms with van der Waals surface area (Å²) in [5.41, 5.74) is 1.86. The van der Waals surface area contributed by atoms with Gasteiger partial charge >= 0.3 is 0 Å². The average molecular weight is 278 g/mol. The monoisotopic (exact) mass is 278 g/mol. The van der Waals surface area contributed by atoms with Crippen molar-refractivity contribution in [3.8, 4) is 0 Å². The number of nitrogens with zero attached hydrogens (tertiary/aromatic N) is 2. The Balaban J connectivity index is 2.36. The molecule has 2 rings (SSSR count). The zero-order valence-corrected chi connectivity index (χ0v) is 12.2. The first kappa shape index (κ1) is 14.0. The smallest absolute Gasteiger partial charge is 0.243 e. The predicted octanol–water partition coefficient (Wildman–Crippen LogP) is 1.72. The third-order valence-electron chi connectivity index (χ3n) is 3.11. The van der Waals surface area contributed by atoms with Crippen molar-refractivity contribution >= 4 is 11.1 Å².